The summed E-state index contributed by atoms with van der Waals surface area (Å²) in [4.78, 5) is 26.4. The first kappa shape index (κ1) is 15.5. The summed E-state index contributed by atoms with van der Waals surface area (Å²) in [5.41, 5.74) is 5.89. The SMILES string of the molecule is NC1(CC(=O)NCCn2cnc(C(=O)O)c2)CCCCC1. The average Bonchev–Trinajstić information content (AvgIpc) is 2.88. The molecule has 7 nitrogen and oxygen atoms in total. The third-order valence-electron chi connectivity index (χ3n) is 3.91. The standard InChI is InChI=1S/C14H22N4O3/c15-14(4-2-1-3-5-14)8-12(19)16-6-7-18-9-11(13(20)21)17-10-18/h9-10H,1-8,15H2,(H,16,19)(H,20,21). The molecule has 1 aromatic rings. The smallest absolute Gasteiger partial charge is 0.356 e. The van der Waals surface area contributed by atoms with Gasteiger partial charge in [-0.3, -0.25) is 4.79 Å². The number of aromatic carboxylic acids is 1. The van der Waals surface area contributed by atoms with Crippen LogP contribution in [0.25, 0.3) is 0 Å². The number of hydrogen-bond acceptors (Lipinski definition) is 4. The second kappa shape index (κ2) is 6.71. The Labute approximate surface area is 123 Å². The predicted molar refractivity (Wildman–Crippen MR) is 76.8 cm³/mol. The molecule has 1 aliphatic carbocycles. The highest BCUT2D eigenvalue weighted by Crippen LogP contribution is 2.28. The van der Waals surface area contributed by atoms with Gasteiger partial charge in [-0.1, -0.05) is 19.3 Å². The zero-order valence-corrected chi connectivity index (χ0v) is 12.0. The van der Waals surface area contributed by atoms with Gasteiger partial charge in [0.2, 0.25) is 5.91 Å². The Morgan fingerprint density at radius 1 is 1.38 bits per heavy atom. The van der Waals surface area contributed by atoms with Crippen molar-refractivity contribution in [2.24, 2.45) is 5.73 Å². The topological polar surface area (TPSA) is 110 Å². The number of carbonyl (C=O) groups is 2. The molecule has 0 bridgehead atoms. The Kier molecular flexibility index (Phi) is 4.95. The molecule has 1 saturated carbocycles. The minimum Gasteiger partial charge on any atom is -0.476 e. The molecule has 1 heterocycles. The van der Waals surface area contributed by atoms with E-state index in [1.54, 1.807) is 4.57 Å². The number of hydrogen-bond donors (Lipinski definition) is 3. The zero-order chi connectivity index (χ0) is 15.3. The van der Waals surface area contributed by atoms with Gasteiger partial charge in [0.15, 0.2) is 5.69 Å². The molecular weight excluding hydrogens is 272 g/mol. The summed E-state index contributed by atoms with van der Waals surface area (Å²) in [5, 5.41) is 11.6. The molecule has 0 spiro atoms. The molecule has 21 heavy (non-hydrogen) atoms. The summed E-state index contributed by atoms with van der Waals surface area (Å²) in [6.07, 6.45) is 8.45. The van der Waals surface area contributed by atoms with Crippen LogP contribution in [0.1, 0.15) is 49.0 Å². The molecule has 2 rings (SSSR count). The van der Waals surface area contributed by atoms with Crippen molar-refractivity contribution < 1.29 is 14.7 Å². The van der Waals surface area contributed by atoms with E-state index in [0.29, 0.717) is 19.5 Å². The fourth-order valence-electron chi connectivity index (χ4n) is 2.73. The first-order chi connectivity index (χ1) is 9.98. The lowest BCUT2D eigenvalue weighted by Gasteiger charge is -2.32. The van der Waals surface area contributed by atoms with E-state index in [9.17, 15) is 9.59 Å². The largest absolute Gasteiger partial charge is 0.476 e. The molecule has 0 radical (unpaired) electrons. The number of carbonyl (C=O) groups excluding carboxylic acids is 1. The predicted octanol–water partition coefficient (Wildman–Crippen LogP) is 0.749. The van der Waals surface area contributed by atoms with Gasteiger partial charge in [-0.25, -0.2) is 9.78 Å². The van der Waals surface area contributed by atoms with Crippen LogP contribution in [-0.2, 0) is 11.3 Å². The average molecular weight is 294 g/mol. The van der Waals surface area contributed by atoms with Crippen LogP contribution in [-0.4, -0.2) is 38.6 Å². The monoisotopic (exact) mass is 294 g/mol. The van der Waals surface area contributed by atoms with Crippen LogP contribution in [0.4, 0.5) is 0 Å². The molecule has 0 aromatic carbocycles. The summed E-state index contributed by atoms with van der Waals surface area (Å²) in [5.74, 6) is -1.10. The maximum absolute atomic E-state index is 11.9. The number of carboxylic acid groups (broad SMARTS) is 1. The highest BCUT2D eigenvalue weighted by Gasteiger charge is 2.29. The van der Waals surface area contributed by atoms with Crippen molar-refractivity contribution in [2.45, 2.75) is 50.6 Å². The number of nitrogens with zero attached hydrogens (tertiary/aromatic N) is 2. The lowest BCUT2D eigenvalue weighted by Crippen LogP contribution is -2.46. The van der Waals surface area contributed by atoms with Crippen LogP contribution >= 0.6 is 0 Å². The van der Waals surface area contributed by atoms with E-state index in [1.807, 2.05) is 0 Å². The molecule has 7 heteroatoms. The highest BCUT2D eigenvalue weighted by molar-refractivity contribution is 5.84. The molecule has 4 N–H and O–H groups in total. The Hall–Kier alpha value is -1.89. The molecule has 0 unspecified atom stereocenters. The van der Waals surface area contributed by atoms with Gasteiger partial charge in [0, 0.05) is 31.2 Å². The number of aromatic nitrogens is 2. The van der Waals surface area contributed by atoms with Crippen LogP contribution in [0.15, 0.2) is 12.5 Å². The number of nitrogens with two attached hydrogens (primary N) is 1. The Balaban J connectivity index is 1.72. The number of nitrogens with one attached hydrogen (secondary N) is 1. The summed E-state index contributed by atoms with van der Waals surface area (Å²) in [6, 6.07) is 0. The van der Waals surface area contributed by atoms with Crippen molar-refractivity contribution in [1.29, 1.82) is 0 Å². The van der Waals surface area contributed by atoms with Gasteiger partial charge in [-0.2, -0.15) is 0 Å². The number of imidazole rings is 1. The first-order valence-electron chi connectivity index (χ1n) is 7.29. The second-order valence-electron chi connectivity index (χ2n) is 5.75. The third kappa shape index (κ3) is 4.56. The summed E-state index contributed by atoms with van der Waals surface area (Å²) in [7, 11) is 0. The Bertz CT molecular complexity index is 506. The normalized spacial score (nSPS) is 17.4. The fourth-order valence-corrected chi connectivity index (χ4v) is 2.73. The summed E-state index contributed by atoms with van der Waals surface area (Å²) in [6.45, 7) is 0.925. The fraction of sp³-hybridized carbons (Fsp3) is 0.643. The Morgan fingerprint density at radius 3 is 2.71 bits per heavy atom. The number of carboxylic acids is 1. The molecule has 0 aliphatic heterocycles. The molecule has 1 aromatic heterocycles. The van der Waals surface area contributed by atoms with Crippen molar-refractivity contribution in [2.75, 3.05) is 6.54 Å². The Morgan fingerprint density at radius 2 is 2.10 bits per heavy atom. The van der Waals surface area contributed by atoms with Crippen LogP contribution < -0.4 is 11.1 Å². The van der Waals surface area contributed by atoms with Gasteiger partial charge in [0.25, 0.3) is 0 Å². The van der Waals surface area contributed by atoms with Crippen molar-refractivity contribution in [3.8, 4) is 0 Å². The summed E-state index contributed by atoms with van der Waals surface area (Å²) >= 11 is 0. The lowest BCUT2D eigenvalue weighted by molar-refractivity contribution is -0.122. The van der Waals surface area contributed by atoms with Crippen molar-refractivity contribution in [3.05, 3.63) is 18.2 Å². The second-order valence-corrected chi connectivity index (χ2v) is 5.75. The van der Waals surface area contributed by atoms with E-state index in [2.05, 4.69) is 10.3 Å². The van der Waals surface area contributed by atoms with E-state index in [4.69, 9.17) is 10.8 Å². The van der Waals surface area contributed by atoms with Crippen molar-refractivity contribution >= 4 is 11.9 Å². The lowest BCUT2D eigenvalue weighted by atomic mass is 9.80. The van der Waals surface area contributed by atoms with Gasteiger partial charge in [-0.05, 0) is 12.8 Å². The minimum absolute atomic E-state index is 0.00411. The molecule has 0 atom stereocenters. The molecule has 1 fully saturated rings. The van der Waals surface area contributed by atoms with Gasteiger partial charge in [-0.15, -0.1) is 0 Å². The van der Waals surface area contributed by atoms with E-state index >= 15 is 0 Å². The minimum atomic E-state index is -1.06. The first-order valence-corrected chi connectivity index (χ1v) is 7.29. The van der Waals surface area contributed by atoms with E-state index in [1.165, 1.54) is 18.9 Å². The van der Waals surface area contributed by atoms with Gasteiger partial charge in [0.05, 0.1) is 6.33 Å². The maximum Gasteiger partial charge on any atom is 0.356 e. The number of amides is 1. The molecule has 116 valence electrons. The molecular formula is C14H22N4O3. The van der Waals surface area contributed by atoms with Crippen LogP contribution in [0.3, 0.4) is 0 Å². The quantitative estimate of drug-likeness (QED) is 0.717. The van der Waals surface area contributed by atoms with Crippen LogP contribution in [0.2, 0.25) is 0 Å². The highest BCUT2D eigenvalue weighted by atomic mass is 16.4. The van der Waals surface area contributed by atoms with Crippen LogP contribution in [0.5, 0.6) is 0 Å². The number of rotatable bonds is 6. The molecule has 1 aliphatic rings. The van der Waals surface area contributed by atoms with Gasteiger partial charge >= 0.3 is 5.97 Å². The van der Waals surface area contributed by atoms with E-state index in [0.717, 1.165) is 25.7 Å². The van der Waals surface area contributed by atoms with Gasteiger partial charge < -0.3 is 20.7 Å². The third-order valence-corrected chi connectivity index (χ3v) is 3.91. The van der Waals surface area contributed by atoms with Gasteiger partial charge in [0.1, 0.15) is 0 Å². The van der Waals surface area contributed by atoms with Crippen molar-refractivity contribution in [3.63, 3.8) is 0 Å². The maximum atomic E-state index is 11.9. The van der Waals surface area contributed by atoms with E-state index in [-0.39, 0.29) is 17.1 Å². The van der Waals surface area contributed by atoms with E-state index < -0.39 is 5.97 Å². The molecule has 1 amide bonds. The van der Waals surface area contributed by atoms with Crippen molar-refractivity contribution in [1.82, 2.24) is 14.9 Å². The molecule has 0 saturated heterocycles. The zero-order valence-electron chi connectivity index (χ0n) is 12.0. The van der Waals surface area contributed by atoms with Crippen LogP contribution in [0, 0.1) is 0 Å². The summed E-state index contributed by atoms with van der Waals surface area (Å²) < 4.78 is 1.64.